The molecule has 2 N–H and O–H groups in total. The molecule has 1 saturated heterocycles. The van der Waals surface area contributed by atoms with Gasteiger partial charge in [-0.3, -0.25) is 14.4 Å². The van der Waals surface area contributed by atoms with Crippen molar-refractivity contribution in [3.05, 3.63) is 91.4 Å². The molecular weight excluding hydrogens is 657 g/mol. The Balaban J connectivity index is 1.85. The van der Waals surface area contributed by atoms with Crippen molar-refractivity contribution >= 4 is 11.9 Å². The summed E-state index contributed by atoms with van der Waals surface area (Å²) < 4.78 is 76.2. The zero-order valence-corrected chi connectivity index (χ0v) is 29.8. The maximum Gasteiger partial charge on any atom is 0.416 e. The number of aromatic nitrogens is 1. The first-order valence-electron chi connectivity index (χ1n) is 16.9. The summed E-state index contributed by atoms with van der Waals surface area (Å²) in [4.78, 5) is 41.6. The van der Waals surface area contributed by atoms with Crippen molar-refractivity contribution in [2.45, 2.75) is 105 Å². The number of benzene rings is 2. The van der Waals surface area contributed by atoms with Gasteiger partial charge in [0.15, 0.2) is 0 Å². The predicted octanol–water partition coefficient (Wildman–Crippen LogP) is 8.16. The Hall–Kier alpha value is -4.06. The molecule has 1 amide bonds. The number of likely N-dealkylation sites (tertiary alicyclic amines) is 1. The normalized spacial score (nSPS) is 16.7. The maximum atomic E-state index is 16.5. The van der Waals surface area contributed by atoms with E-state index in [-0.39, 0.29) is 35.1 Å². The molecule has 2 heterocycles. The van der Waals surface area contributed by atoms with E-state index < -0.39 is 70.8 Å². The lowest BCUT2D eigenvalue weighted by Gasteiger charge is -2.28. The number of alkyl halides is 3. The van der Waals surface area contributed by atoms with Crippen LogP contribution in [0.1, 0.15) is 104 Å². The highest BCUT2D eigenvalue weighted by atomic mass is 19.4. The summed E-state index contributed by atoms with van der Waals surface area (Å²) in [5.74, 6) is -5.30. The summed E-state index contributed by atoms with van der Waals surface area (Å²) in [5, 5.41) is 12.3. The van der Waals surface area contributed by atoms with Crippen LogP contribution >= 0.6 is 0 Å². The second-order valence-electron chi connectivity index (χ2n) is 14.3. The van der Waals surface area contributed by atoms with Gasteiger partial charge in [-0.15, -0.1) is 0 Å². The first-order chi connectivity index (χ1) is 23.2. The zero-order valence-electron chi connectivity index (χ0n) is 29.8. The second kappa shape index (κ2) is 15.0. The molecule has 4 rings (SSSR count). The molecule has 1 aromatic heterocycles. The van der Waals surface area contributed by atoms with Crippen LogP contribution in [0.3, 0.4) is 0 Å². The molecule has 1 aliphatic heterocycles. The topological polar surface area (TPSA) is 91.6 Å². The standard InChI is InChI=1S/C38H46F5N3O4/c1-19(2)11-30(46-18-27(25-9-10-45(17-25)20(3)4)28(15-31(46)47)38(41,42)43)37(50)44-29(16-32(48)49)34-35(39)24(8)14-26(36(34)40)33-22(6)12-21(5)13-23(33)7/h12-15,18-20,25,29-30H,9-11,16-17H2,1-8H3,(H,44,50)(H,48,49)/t25?,29-,30-/m0/s1. The summed E-state index contributed by atoms with van der Waals surface area (Å²) in [6, 6.07) is 2.50. The van der Waals surface area contributed by atoms with Crippen LogP contribution in [0.15, 0.2) is 35.3 Å². The fraction of sp³-hybridized carbons (Fsp3) is 0.500. The monoisotopic (exact) mass is 703 g/mol. The van der Waals surface area contributed by atoms with Crippen LogP contribution in [-0.2, 0) is 15.8 Å². The van der Waals surface area contributed by atoms with E-state index in [1.165, 1.54) is 13.0 Å². The van der Waals surface area contributed by atoms with Crippen LogP contribution in [0, 0.1) is 45.2 Å². The van der Waals surface area contributed by atoms with Crippen LogP contribution in [0.5, 0.6) is 0 Å². The first-order valence-corrected chi connectivity index (χ1v) is 16.9. The van der Waals surface area contributed by atoms with Crippen LogP contribution < -0.4 is 10.9 Å². The number of carbonyl (C=O) groups excluding carboxylic acids is 1. The van der Waals surface area contributed by atoms with E-state index in [9.17, 15) is 32.7 Å². The van der Waals surface area contributed by atoms with Gasteiger partial charge < -0.3 is 19.9 Å². The summed E-state index contributed by atoms with van der Waals surface area (Å²) in [5.41, 5.74) is 0.00526. The highest BCUT2D eigenvalue weighted by molar-refractivity contribution is 5.82. The van der Waals surface area contributed by atoms with Gasteiger partial charge in [0, 0.05) is 36.0 Å². The van der Waals surface area contributed by atoms with E-state index in [0.29, 0.717) is 42.3 Å². The van der Waals surface area contributed by atoms with Crippen LogP contribution in [0.25, 0.3) is 11.1 Å². The lowest BCUT2D eigenvalue weighted by atomic mass is 9.88. The Bertz CT molecular complexity index is 1810. The molecule has 1 aliphatic rings. The van der Waals surface area contributed by atoms with Crippen LogP contribution in [0.2, 0.25) is 0 Å². The SMILES string of the molecule is Cc1cc(C)c(-c2cc(C)c(F)c([C@H](CC(=O)O)NC(=O)[C@H](CC(C)C)n3cc(C4CCN(C(C)C)C4)c(C(F)(F)F)cc3=O)c2F)c(C)c1. The van der Waals surface area contributed by atoms with E-state index in [2.05, 4.69) is 5.32 Å². The second-order valence-corrected chi connectivity index (χ2v) is 14.3. The van der Waals surface area contributed by atoms with Gasteiger partial charge in [-0.25, -0.2) is 8.78 Å². The third-order valence-electron chi connectivity index (χ3n) is 9.55. The Kier molecular flexibility index (Phi) is 11.7. The predicted molar refractivity (Wildman–Crippen MR) is 182 cm³/mol. The average Bonchev–Trinajstić information content (AvgIpc) is 3.48. The molecule has 0 spiro atoms. The Labute approximate surface area is 289 Å². The molecule has 3 atom stereocenters. The molecule has 3 aromatic rings. The zero-order chi connectivity index (χ0) is 37.4. The minimum Gasteiger partial charge on any atom is -0.481 e. The third kappa shape index (κ3) is 8.28. The number of nitrogens with zero attached hydrogens (tertiary/aromatic N) is 2. The van der Waals surface area contributed by atoms with E-state index in [1.807, 2.05) is 37.8 Å². The molecule has 0 bridgehead atoms. The number of aryl methyl sites for hydroxylation is 4. The van der Waals surface area contributed by atoms with E-state index in [4.69, 9.17) is 0 Å². The molecule has 1 fully saturated rings. The Morgan fingerprint density at radius 1 is 0.960 bits per heavy atom. The van der Waals surface area contributed by atoms with Gasteiger partial charge in [-0.1, -0.05) is 31.5 Å². The van der Waals surface area contributed by atoms with Gasteiger partial charge in [0.25, 0.3) is 5.56 Å². The van der Waals surface area contributed by atoms with Crippen molar-refractivity contribution in [3.8, 4) is 11.1 Å². The molecule has 1 unspecified atom stereocenters. The number of carboxylic acid groups (broad SMARTS) is 1. The van der Waals surface area contributed by atoms with Crippen molar-refractivity contribution in [2.24, 2.45) is 5.92 Å². The van der Waals surface area contributed by atoms with Gasteiger partial charge in [-0.2, -0.15) is 13.2 Å². The Morgan fingerprint density at radius 2 is 1.58 bits per heavy atom. The van der Waals surface area contributed by atoms with Crippen molar-refractivity contribution in [2.75, 3.05) is 13.1 Å². The Morgan fingerprint density at radius 3 is 2.10 bits per heavy atom. The molecular formula is C38H46F5N3O4. The summed E-state index contributed by atoms with van der Waals surface area (Å²) in [6.45, 7) is 15.1. The van der Waals surface area contributed by atoms with Crippen molar-refractivity contribution < 1.29 is 36.6 Å². The highest BCUT2D eigenvalue weighted by Crippen LogP contribution is 2.40. The molecule has 2 aromatic carbocycles. The summed E-state index contributed by atoms with van der Waals surface area (Å²) >= 11 is 0. The van der Waals surface area contributed by atoms with Crippen molar-refractivity contribution in [3.63, 3.8) is 0 Å². The molecule has 50 heavy (non-hydrogen) atoms. The van der Waals surface area contributed by atoms with Crippen LogP contribution in [0.4, 0.5) is 22.0 Å². The third-order valence-corrected chi connectivity index (χ3v) is 9.55. The molecule has 0 radical (unpaired) electrons. The quantitative estimate of drug-likeness (QED) is 0.197. The van der Waals surface area contributed by atoms with Gasteiger partial charge >= 0.3 is 12.1 Å². The molecule has 12 heteroatoms. The number of rotatable bonds is 11. The number of hydrogen-bond donors (Lipinski definition) is 2. The lowest BCUT2D eigenvalue weighted by molar-refractivity contribution is -0.139. The number of pyridine rings is 1. The number of aliphatic carboxylic acids is 1. The summed E-state index contributed by atoms with van der Waals surface area (Å²) in [7, 11) is 0. The minimum absolute atomic E-state index is 0.0229. The van der Waals surface area contributed by atoms with E-state index in [0.717, 1.165) is 16.3 Å². The molecule has 7 nitrogen and oxygen atoms in total. The fourth-order valence-corrected chi connectivity index (χ4v) is 7.24. The van der Waals surface area contributed by atoms with Gasteiger partial charge in [0.05, 0.1) is 18.0 Å². The molecule has 272 valence electrons. The number of amides is 1. The minimum atomic E-state index is -4.83. The van der Waals surface area contributed by atoms with Gasteiger partial charge in [0.2, 0.25) is 5.91 Å². The van der Waals surface area contributed by atoms with E-state index >= 15 is 8.78 Å². The number of carboxylic acids is 1. The summed E-state index contributed by atoms with van der Waals surface area (Å²) in [6.07, 6.45) is -4.25. The number of halogens is 5. The highest BCUT2D eigenvalue weighted by Gasteiger charge is 2.40. The maximum absolute atomic E-state index is 16.5. The first kappa shape index (κ1) is 38.7. The van der Waals surface area contributed by atoms with Gasteiger partial charge in [0.1, 0.15) is 17.7 Å². The number of carbonyl (C=O) groups is 2. The smallest absolute Gasteiger partial charge is 0.416 e. The molecule has 0 saturated carbocycles. The van der Waals surface area contributed by atoms with Crippen molar-refractivity contribution in [1.82, 2.24) is 14.8 Å². The fourth-order valence-electron chi connectivity index (χ4n) is 7.24. The molecule has 0 aliphatic carbocycles. The number of nitrogens with one attached hydrogen (secondary N) is 1. The van der Waals surface area contributed by atoms with Gasteiger partial charge in [-0.05, 0) is 107 Å². The lowest BCUT2D eigenvalue weighted by Crippen LogP contribution is -2.41. The largest absolute Gasteiger partial charge is 0.481 e. The van der Waals surface area contributed by atoms with E-state index in [1.54, 1.807) is 27.7 Å². The number of hydrogen-bond acceptors (Lipinski definition) is 4. The average molecular weight is 704 g/mol. The van der Waals surface area contributed by atoms with Crippen molar-refractivity contribution in [1.29, 1.82) is 0 Å². The van der Waals surface area contributed by atoms with Crippen LogP contribution in [-0.4, -0.2) is 45.6 Å².